The van der Waals surface area contributed by atoms with Crippen LogP contribution < -0.4 is 5.32 Å². The number of carbonyl (C=O) groups excluding carboxylic acids is 3. The molecule has 0 saturated carbocycles. The van der Waals surface area contributed by atoms with E-state index in [4.69, 9.17) is 4.74 Å². The molecule has 182 valence electrons. The van der Waals surface area contributed by atoms with Crippen molar-refractivity contribution in [3.63, 3.8) is 0 Å². The van der Waals surface area contributed by atoms with Crippen LogP contribution in [0.4, 0.5) is 4.79 Å². The van der Waals surface area contributed by atoms with Crippen molar-refractivity contribution >= 4 is 17.9 Å². The summed E-state index contributed by atoms with van der Waals surface area (Å²) in [6.45, 7) is 6.29. The Morgan fingerprint density at radius 2 is 1.62 bits per heavy atom. The quantitative estimate of drug-likeness (QED) is 0.675. The summed E-state index contributed by atoms with van der Waals surface area (Å²) >= 11 is 0. The van der Waals surface area contributed by atoms with Crippen molar-refractivity contribution in [1.82, 2.24) is 15.1 Å². The largest absolute Gasteiger partial charge is 0.444 e. The van der Waals surface area contributed by atoms with E-state index in [1.54, 1.807) is 32.7 Å². The first-order valence-corrected chi connectivity index (χ1v) is 11.8. The fourth-order valence-electron chi connectivity index (χ4n) is 4.10. The Hall–Kier alpha value is -3.35. The zero-order valence-corrected chi connectivity index (χ0v) is 20.5. The van der Waals surface area contributed by atoms with Crippen molar-refractivity contribution in [2.24, 2.45) is 0 Å². The fraction of sp³-hybridized carbons (Fsp3) is 0.444. The van der Waals surface area contributed by atoms with Gasteiger partial charge in [0.1, 0.15) is 17.7 Å². The highest BCUT2D eigenvalue weighted by Gasteiger charge is 2.38. The molecule has 1 saturated heterocycles. The van der Waals surface area contributed by atoms with Gasteiger partial charge in [0, 0.05) is 26.6 Å². The molecule has 0 spiro atoms. The van der Waals surface area contributed by atoms with Gasteiger partial charge in [-0.1, -0.05) is 60.7 Å². The van der Waals surface area contributed by atoms with Gasteiger partial charge in [-0.15, -0.1) is 0 Å². The highest BCUT2D eigenvalue weighted by molar-refractivity contribution is 5.91. The van der Waals surface area contributed by atoms with Gasteiger partial charge in [0.05, 0.1) is 0 Å². The highest BCUT2D eigenvalue weighted by atomic mass is 16.6. The van der Waals surface area contributed by atoms with Crippen molar-refractivity contribution in [2.75, 3.05) is 13.6 Å². The van der Waals surface area contributed by atoms with Gasteiger partial charge in [-0.05, 0) is 44.7 Å². The van der Waals surface area contributed by atoms with Crippen LogP contribution in [0.2, 0.25) is 0 Å². The second-order valence-corrected chi connectivity index (χ2v) is 9.76. The predicted octanol–water partition coefficient (Wildman–Crippen LogP) is 3.77. The minimum Gasteiger partial charge on any atom is -0.444 e. The third kappa shape index (κ3) is 7.07. The molecule has 2 aromatic carbocycles. The van der Waals surface area contributed by atoms with Gasteiger partial charge < -0.3 is 15.0 Å². The maximum absolute atomic E-state index is 13.4. The van der Waals surface area contributed by atoms with Crippen molar-refractivity contribution in [2.45, 2.75) is 64.3 Å². The first kappa shape index (κ1) is 25.3. The highest BCUT2D eigenvalue weighted by Crippen LogP contribution is 2.21. The summed E-state index contributed by atoms with van der Waals surface area (Å²) in [7, 11) is 1.74. The van der Waals surface area contributed by atoms with Crippen LogP contribution in [0.15, 0.2) is 60.7 Å². The molecule has 3 amide bonds. The smallest absolute Gasteiger partial charge is 0.410 e. The topological polar surface area (TPSA) is 79.0 Å². The lowest BCUT2D eigenvalue weighted by Gasteiger charge is -2.30. The van der Waals surface area contributed by atoms with Gasteiger partial charge in [0.25, 0.3) is 0 Å². The minimum atomic E-state index is -0.746. The lowest BCUT2D eigenvalue weighted by molar-refractivity contribution is -0.136. The molecule has 0 aliphatic carbocycles. The monoisotopic (exact) mass is 465 g/mol. The zero-order valence-electron chi connectivity index (χ0n) is 20.5. The maximum atomic E-state index is 13.4. The Balaban J connectivity index is 1.74. The number of carbonyl (C=O) groups is 3. The molecule has 1 N–H and O–H groups in total. The molecule has 1 heterocycles. The molecule has 0 aromatic heterocycles. The van der Waals surface area contributed by atoms with E-state index in [1.165, 1.54) is 4.90 Å². The van der Waals surface area contributed by atoms with Crippen LogP contribution in [0.1, 0.15) is 44.7 Å². The molecule has 1 aliphatic rings. The van der Waals surface area contributed by atoms with Gasteiger partial charge >= 0.3 is 6.09 Å². The zero-order chi connectivity index (χ0) is 24.7. The first-order chi connectivity index (χ1) is 16.1. The number of benzene rings is 2. The van der Waals surface area contributed by atoms with Crippen molar-refractivity contribution in [3.05, 3.63) is 71.8 Å². The Morgan fingerprint density at radius 3 is 2.21 bits per heavy atom. The summed E-state index contributed by atoms with van der Waals surface area (Å²) in [4.78, 5) is 42.4. The average molecular weight is 466 g/mol. The second kappa shape index (κ2) is 11.2. The molecule has 2 atom stereocenters. The Morgan fingerprint density at radius 1 is 1.03 bits per heavy atom. The van der Waals surface area contributed by atoms with E-state index >= 15 is 0 Å². The number of rotatable bonds is 7. The molecule has 7 nitrogen and oxygen atoms in total. The summed E-state index contributed by atoms with van der Waals surface area (Å²) in [5.41, 5.74) is 1.31. The molecule has 2 aromatic rings. The molecule has 0 bridgehead atoms. The summed E-state index contributed by atoms with van der Waals surface area (Å²) in [5, 5.41) is 2.94. The van der Waals surface area contributed by atoms with Crippen LogP contribution in [0.3, 0.4) is 0 Å². The number of ether oxygens (including phenoxy) is 1. The van der Waals surface area contributed by atoms with Gasteiger partial charge in [-0.25, -0.2) is 4.79 Å². The van der Waals surface area contributed by atoms with E-state index in [0.717, 1.165) is 11.1 Å². The molecule has 1 aliphatic heterocycles. The van der Waals surface area contributed by atoms with Crippen LogP contribution in [0.5, 0.6) is 0 Å². The van der Waals surface area contributed by atoms with Gasteiger partial charge in [-0.2, -0.15) is 0 Å². The number of likely N-dealkylation sites (tertiary alicyclic amines) is 1. The fourth-order valence-corrected chi connectivity index (χ4v) is 4.10. The van der Waals surface area contributed by atoms with Crippen molar-refractivity contribution < 1.29 is 19.1 Å². The lowest BCUT2D eigenvalue weighted by atomic mass is 10.0. The molecule has 3 rings (SSSR count). The normalized spacial score (nSPS) is 16.6. The molecule has 0 unspecified atom stereocenters. The predicted molar refractivity (Wildman–Crippen MR) is 131 cm³/mol. The Bertz CT molecular complexity index is 972. The number of hydrogen-bond donors (Lipinski definition) is 1. The molecular weight excluding hydrogens is 430 g/mol. The average Bonchev–Trinajstić information content (AvgIpc) is 3.29. The molecule has 7 heteroatoms. The summed E-state index contributed by atoms with van der Waals surface area (Å²) in [5.74, 6) is -0.506. The van der Waals surface area contributed by atoms with Crippen LogP contribution in [-0.4, -0.2) is 59.0 Å². The second-order valence-electron chi connectivity index (χ2n) is 9.76. The number of nitrogens with one attached hydrogen (secondary N) is 1. The van der Waals surface area contributed by atoms with Crippen molar-refractivity contribution in [1.29, 1.82) is 0 Å². The van der Waals surface area contributed by atoms with Gasteiger partial charge in [0.15, 0.2) is 0 Å². The van der Waals surface area contributed by atoms with E-state index in [0.29, 0.717) is 32.4 Å². The van der Waals surface area contributed by atoms with Crippen LogP contribution in [0.25, 0.3) is 0 Å². The van der Waals surface area contributed by atoms with Crippen LogP contribution in [-0.2, 0) is 27.3 Å². The van der Waals surface area contributed by atoms with E-state index in [-0.39, 0.29) is 11.8 Å². The number of hydrogen-bond acceptors (Lipinski definition) is 4. The molecular formula is C27H35N3O4. The first-order valence-electron chi connectivity index (χ1n) is 11.8. The van der Waals surface area contributed by atoms with Crippen LogP contribution >= 0.6 is 0 Å². The third-order valence-corrected chi connectivity index (χ3v) is 5.72. The lowest BCUT2D eigenvalue weighted by Crippen LogP contribution is -2.54. The number of nitrogens with zero attached hydrogens (tertiary/aromatic N) is 2. The molecule has 1 fully saturated rings. The SMILES string of the molecule is CN(Cc1ccccc1)C(=O)[C@H](Cc1ccccc1)NC(=O)[C@@H]1CCCN1C(=O)OC(C)(C)C. The summed E-state index contributed by atoms with van der Waals surface area (Å²) in [6, 6.07) is 17.9. The summed E-state index contributed by atoms with van der Waals surface area (Å²) in [6.07, 6.45) is 1.11. The Kier molecular flexibility index (Phi) is 8.31. The molecule has 0 radical (unpaired) electrons. The van der Waals surface area contributed by atoms with Crippen molar-refractivity contribution in [3.8, 4) is 0 Å². The van der Waals surface area contributed by atoms with E-state index in [2.05, 4.69) is 5.32 Å². The standard InChI is InChI=1S/C27H35N3O4/c1-27(2,3)34-26(33)30-17-11-16-23(30)24(31)28-22(18-20-12-7-5-8-13-20)25(32)29(4)19-21-14-9-6-10-15-21/h5-10,12-15,22-23H,11,16-19H2,1-4H3,(H,28,31)/t22-,23-/m0/s1. The number of likely N-dealkylation sites (N-methyl/N-ethyl adjacent to an activating group) is 1. The Labute approximate surface area is 202 Å². The van der Waals surface area contributed by atoms with Crippen LogP contribution in [0, 0.1) is 0 Å². The van der Waals surface area contributed by atoms with E-state index in [1.807, 2.05) is 60.7 Å². The third-order valence-electron chi connectivity index (χ3n) is 5.72. The van der Waals surface area contributed by atoms with E-state index < -0.39 is 23.8 Å². The number of amides is 3. The maximum Gasteiger partial charge on any atom is 0.410 e. The van der Waals surface area contributed by atoms with Gasteiger partial charge in [0.2, 0.25) is 11.8 Å². The van der Waals surface area contributed by atoms with E-state index in [9.17, 15) is 14.4 Å². The van der Waals surface area contributed by atoms with Gasteiger partial charge in [-0.3, -0.25) is 14.5 Å². The summed E-state index contributed by atoms with van der Waals surface area (Å²) < 4.78 is 5.49. The molecule has 34 heavy (non-hydrogen) atoms. The minimum absolute atomic E-state index is 0.178.